The molecule has 6 atom stereocenters. The van der Waals surface area contributed by atoms with Gasteiger partial charge in [-0.2, -0.15) is 5.10 Å². The second-order valence-corrected chi connectivity index (χ2v) is 16.8. The first-order chi connectivity index (χ1) is 26.3. The van der Waals surface area contributed by atoms with Gasteiger partial charge in [0.2, 0.25) is 23.6 Å². The van der Waals surface area contributed by atoms with Crippen LogP contribution in [0.4, 0.5) is 5.82 Å². The number of aromatic hydroxyl groups is 1. The van der Waals surface area contributed by atoms with Crippen LogP contribution in [0.15, 0.2) is 54.1 Å². The van der Waals surface area contributed by atoms with Gasteiger partial charge in [0.05, 0.1) is 35.2 Å². The van der Waals surface area contributed by atoms with Gasteiger partial charge in [0.1, 0.15) is 23.0 Å². The van der Waals surface area contributed by atoms with E-state index in [9.17, 15) is 24.3 Å². The van der Waals surface area contributed by atoms with E-state index >= 15 is 4.79 Å². The maximum Gasteiger partial charge on any atom is 0.303 e. The number of unbranched alkanes of at least 4 members (excludes halogenated alkanes) is 2. The molecule has 0 unspecified atom stereocenters. The first-order valence-electron chi connectivity index (χ1n) is 18.5. The first kappa shape index (κ1) is 36.9. The van der Waals surface area contributed by atoms with Crippen molar-refractivity contribution >= 4 is 68.4 Å². The van der Waals surface area contributed by atoms with Crippen molar-refractivity contribution in [3.63, 3.8) is 0 Å². The summed E-state index contributed by atoms with van der Waals surface area (Å²) in [6, 6.07) is 12.2. The Morgan fingerprint density at radius 2 is 1.82 bits per heavy atom. The molecule has 2 N–H and O–H groups in total. The average Bonchev–Trinajstić information content (AvgIpc) is 3.82. The normalized spacial score (nSPS) is 26.1. The number of aliphatic carboxylic acids is 1. The molecule has 3 fully saturated rings. The topological polar surface area (TPSA) is 159 Å². The summed E-state index contributed by atoms with van der Waals surface area (Å²) >= 11 is 7.86. The molecule has 0 spiro atoms. The number of ether oxygens (including phenoxy) is 1. The number of allylic oxidation sites excluding steroid dienone is 2. The number of nitrogens with zero attached hydrogens (tertiary/aromatic N) is 4. The van der Waals surface area contributed by atoms with Crippen LogP contribution in [0.1, 0.15) is 62.5 Å². The summed E-state index contributed by atoms with van der Waals surface area (Å²) in [6.45, 7) is 4.00. The van der Waals surface area contributed by atoms with Gasteiger partial charge in [-0.05, 0) is 80.7 Å². The average molecular weight is 785 g/mol. The molecule has 12 nitrogen and oxygen atoms in total. The summed E-state index contributed by atoms with van der Waals surface area (Å²) in [5.74, 6) is -5.03. The molecule has 4 aromatic rings. The number of carbonyl (C=O) groups is 5. The van der Waals surface area contributed by atoms with Gasteiger partial charge in [0.15, 0.2) is 0 Å². The van der Waals surface area contributed by atoms with Crippen LogP contribution in [0.3, 0.4) is 0 Å². The summed E-state index contributed by atoms with van der Waals surface area (Å²) in [7, 11) is 3.18. The lowest BCUT2D eigenvalue weighted by molar-refractivity contribution is -0.141. The number of imide groups is 2. The molecule has 4 heterocycles. The number of carboxylic acid groups (broad SMARTS) is 1. The number of aromatic nitrogens is 2. The number of phenols is 1. The number of fused-ring (bicyclic) bond motifs is 5. The third-order valence-electron chi connectivity index (χ3n) is 12.4. The zero-order valence-corrected chi connectivity index (χ0v) is 32.4. The standard InChI is InChI=1S/C41H41ClN4O8S/c1-20-26-16-21(42)9-14-31(26)55-36(20)29-19-32(44(3)43-29)46-38(51)28-18-27-23(35(41(28,2)40(46)53)24-11-10-22(47)17-30(24)54-4)12-13-25-34(27)39(52)45(37(25)50)15-7-5-6-8-33(48)49/h9-12,14,16-17,19,25,27-28,34-35,47H,5-8,13,15,18H2,1-4H3,(H,48,49)/t25-,27+,28-,34-,35+,41+/m0/s1. The van der Waals surface area contributed by atoms with Crippen LogP contribution < -0.4 is 9.64 Å². The van der Waals surface area contributed by atoms with E-state index in [0.717, 1.165) is 26.1 Å². The van der Waals surface area contributed by atoms with E-state index in [4.69, 9.17) is 26.5 Å². The molecule has 8 rings (SSSR count). The van der Waals surface area contributed by atoms with E-state index in [1.54, 1.807) is 42.1 Å². The molecule has 1 saturated carbocycles. The van der Waals surface area contributed by atoms with E-state index in [1.807, 2.05) is 31.2 Å². The molecule has 2 saturated heterocycles. The Morgan fingerprint density at radius 1 is 1.04 bits per heavy atom. The fraction of sp³-hybridized carbons (Fsp3) is 0.415. The highest BCUT2D eigenvalue weighted by atomic mass is 35.5. The van der Waals surface area contributed by atoms with Gasteiger partial charge >= 0.3 is 5.97 Å². The molecular weight excluding hydrogens is 744 g/mol. The minimum atomic E-state index is -1.32. The Balaban J connectivity index is 1.19. The van der Waals surface area contributed by atoms with Crippen LogP contribution >= 0.6 is 22.9 Å². The Morgan fingerprint density at radius 3 is 2.56 bits per heavy atom. The van der Waals surface area contributed by atoms with Gasteiger partial charge in [-0.15, -0.1) is 11.3 Å². The molecule has 4 amide bonds. The number of carbonyl (C=O) groups excluding carboxylic acids is 4. The number of thiophene rings is 1. The van der Waals surface area contributed by atoms with Gasteiger partial charge in [0, 0.05) is 53.3 Å². The third-order valence-corrected chi connectivity index (χ3v) is 13.9. The number of methoxy groups -OCH3 is 1. The van der Waals surface area contributed by atoms with Crippen molar-refractivity contribution in [2.24, 2.45) is 36.1 Å². The highest BCUT2D eigenvalue weighted by molar-refractivity contribution is 7.22. The highest BCUT2D eigenvalue weighted by Crippen LogP contribution is 2.64. The maximum atomic E-state index is 15.1. The molecule has 286 valence electrons. The Hall–Kier alpha value is -5.01. The van der Waals surface area contributed by atoms with Gasteiger partial charge in [-0.1, -0.05) is 35.7 Å². The van der Waals surface area contributed by atoms with Crippen molar-refractivity contribution in [1.82, 2.24) is 14.7 Å². The molecule has 0 radical (unpaired) electrons. The number of benzene rings is 2. The molecule has 4 aliphatic rings. The number of anilines is 1. The second kappa shape index (κ2) is 13.6. The van der Waals surface area contributed by atoms with Crippen LogP contribution in [0, 0.1) is 36.0 Å². The summed E-state index contributed by atoms with van der Waals surface area (Å²) in [4.78, 5) is 72.4. The van der Waals surface area contributed by atoms with E-state index < -0.39 is 52.8 Å². The van der Waals surface area contributed by atoms with Crippen molar-refractivity contribution in [2.75, 3.05) is 18.6 Å². The van der Waals surface area contributed by atoms with Crippen LogP contribution in [0.5, 0.6) is 11.5 Å². The van der Waals surface area contributed by atoms with Crippen LogP contribution in [0.25, 0.3) is 20.7 Å². The van der Waals surface area contributed by atoms with Crippen LogP contribution in [-0.2, 0) is 31.0 Å². The number of hydrogen-bond donors (Lipinski definition) is 2. The first-order valence-corrected chi connectivity index (χ1v) is 19.7. The van der Waals surface area contributed by atoms with Gasteiger partial charge in [-0.3, -0.25) is 33.6 Å². The summed E-state index contributed by atoms with van der Waals surface area (Å²) in [5, 5.41) is 25.9. The Bertz CT molecular complexity index is 2350. The molecule has 2 aromatic heterocycles. The zero-order valence-electron chi connectivity index (χ0n) is 30.9. The van der Waals surface area contributed by atoms with Crippen molar-refractivity contribution in [3.8, 4) is 22.1 Å². The summed E-state index contributed by atoms with van der Waals surface area (Å²) in [6.07, 6.45) is 3.99. The number of halogens is 1. The second-order valence-electron chi connectivity index (χ2n) is 15.3. The smallest absolute Gasteiger partial charge is 0.303 e. The molecule has 2 aliphatic carbocycles. The lowest BCUT2D eigenvalue weighted by atomic mass is 9.51. The summed E-state index contributed by atoms with van der Waals surface area (Å²) < 4.78 is 8.36. The number of phenolic OH excluding ortho intramolecular Hbond substituents is 1. The predicted octanol–water partition coefficient (Wildman–Crippen LogP) is 6.85. The van der Waals surface area contributed by atoms with Crippen LogP contribution in [-0.4, -0.2) is 68.1 Å². The fourth-order valence-corrected chi connectivity index (χ4v) is 11.1. The Labute approximate surface area is 326 Å². The summed E-state index contributed by atoms with van der Waals surface area (Å²) in [5.41, 5.74) is 1.69. The number of likely N-dealkylation sites (tertiary alicyclic amines) is 1. The van der Waals surface area contributed by atoms with Gasteiger partial charge in [0.25, 0.3) is 0 Å². The van der Waals surface area contributed by atoms with E-state index in [2.05, 4.69) is 0 Å². The highest BCUT2D eigenvalue weighted by Gasteiger charge is 2.68. The zero-order chi connectivity index (χ0) is 39.1. The predicted molar refractivity (Wildman–Crippen MR) is 206 cm³/mol. The van der Waals surface area contributed by atoms with E-state index in [0.29, 0.717) is 53.5 Å². The molecule has 0 bridgehead atoms. The quantitative estimate of drug-likeness (QED) is 0.0996. The number of carboxylic acids is 1. The van der Waals surface area contributed by atoms with E-state index in [1.165, 1.54) is 29.0 Å². The van der Waals surface area contributed by atoms with Gasteiger partial charge in [-0.25, -0.2) is 4.90 Å². The number of aryl methyl sites for hydroxylation is 2. The largest absolute Gasteiger partial charge is 0.508 e. The SMILES string of the molecule is COc1cc(O)ccc1[C@H]1C2=CC[C@@H]3C(=O)N(CCCCCC(=O)O)C(=O)[C@@H]3[C@@H]2C[C@H]2C(=O)N(c3cc(-c4sc5ccc(Cl)cc5c4C)nn3C)C(=O)[C@@]12C. The van der Waals surface area contributed by atoms with E-state index in [-0.39, 0.29) is 37.0 Å². The Kier molecular flexibility index (Phi) is 9.15. The third kappa shape index (κ3) is 5.68. The van der Waals surface area contributed by atoms with Crippen LogP contribution in [0.2, 0.25) is 5.02 Å². The minimum Gasteiger partial charge on any atom is -0.508 e. The molecule has 2 aliphatic heterocycles. The molecule has 14 heteroatoms. The van der Waals surface area contributed by atoms with Crippen molar-refractivity contribution in [3.05, 3.63) is 70.3 Å². The van der Waals surface area contributed by atoms with Crippen molar-refractivity contribution in [2.45, 2.75) is 58.3 Å². The fourth-order valence-electron chi connectivity index (χ4n) is 9.74. The molecular formula is C41H41ClN4O8S. The molecule has 2 aromatic carbocycles. The molecule has 55 heavy (non-hydrogen) atoms. The maximum absolute atomic E-state index is 15.1. The number of hydrogen-bond acceptors (Lipinski definition) is 9. The monoisotopic (exact) mass is 784 g/mol. The van der Waals surface area contributed by atoms with Crippen molar-refractivity contribution < 1.29 is 38.9 Å². The number of rotatable bonds is 10. The van der Waals surface area contributed by atoms with Crippen molar-refractivity contribution in [1.29, 1.82) is 0 Å². The number of amides is 4. The lowest BCUT2D eigenvalue weighted by Crippen LogP contribution is -2.49. The van der Waals surface area contributed by atoms with Gasteiger partial charge < -0.3 is 14.9 Å². The minimum absolute atomic E-state index is 0.0225. The lowest BCUT2D eigenvalue weighted by Gasteiger charge is -2.49.